The van der Waals surface area contributed by atoms with Crippen LogP contribution in [-0.4, -0.2) is 23.7 Å². The van der Waals surface area contributed by atoms with Gasteiger partial charge in [-0.2, -0.15) is 0 Å². The number of nitrogens with zero attached hydrogens (tertiary/aromatic N) is 2. The lowest BCUT2D eigenvalue weighted by Gasteiger charge is -2.24. The highest BCUT2D eigenvalue weighted by Gasteiger charge is 2.20. The maximum Gasteiger partial charge on any atom is 0.414 e. The predicted molar refractivity (Wildman–Crippen MR) is 102 cm³/mol. The Hall–Kier alpha value is -2.14. The summed E-state index contributed by atoms with van der Waals surface area (Å²) >= 11 is 3.42. The molecule has 0 saturated carbocycles. The number of halogens is 1. The molecule has 1 aromatic carbocycles. The molecular formula is C19H21BrN2O2. The maximum atomic E-state index is 12.1. The van der Waals surface area contributed by atoms with Crippen LogP contribution in [0.1, 0.15) is 31.9 Å². The molecule has 1 aromatic heterocycles. The minimum Gasteiger partial charge on any atom is -0.443 e. The molecule has 2 rings (SSSR count). The summed E-state index contributed by atoms with van der Waals surface area (Å²) in [4.78, 5) is 17.8. The number of pyridine rings is 1. The molecule has 0 aliphatic carbocycles. The van der Waals surface area contributed by atoms with Crippen LogP contribution in [0.25, 0.3) is 12.2 Å². The van der Waals surface area contributed by atoms with Crippen LogP contribution in [0.2, 0.25) is 0 Å². The molecular weight excluding hydrogens is 368 g/mol. The summed E-state index contributed by atoms with van der Waals surface area (Å²) < 4.78 is 6.17. The number of benzene rings is 1. The molecule has 1 amide bonds. The van der Waals surface area contributed by atoms with E-state index in [-0.39, 0.29) is 6.09 Å². The van der Waals surface area contributed by atoms with Crippen LogP contribution in [0.3, 0.4) is 0 Å². The first-order valence-electron chi connectivity index (χ1n) is 7.61. The minimum absolute atomic E-state index is 0.370. The number of hydrogen-bond donors (Lipinski definition) is 0. The topological polar surface area (TPSA) is 42.4 Å². The molecule has 5 heteroatoms. The van der Waals surface area contributed by atoms with Crippen molar-refractivity contribution in [3.8, 4) is 0 Å². The first kappa shape index (κ1) is 18.2. The molecule has 0 N–H and O–H groups in total. The van der Waals surface area contributed by atoms with Crippen LogP contribution in [-0.2, 0) is 4.74 Å². The van der Waals surface area contributed by atoms with E-state index in [1.807, 2.05) is 69.3 Å². The van der Waals surface area contributed by atoms with Crippen molar-refractivity contribution in [2.24, 2.45) is 0 Å². The van der Waals surface area contributed by atoms with Gasteiger partial charge in [0.15, 0.2) is 0 Å². The third-order valence-electron chi connectivity index (χ3n) is 3.19. The fraction of sp³-hybridized carbons (Fsp3) is 0.263. The summed E-state index contributed by atoms with van der Waals surface area (Å²) in [6.45, 7) is 5.55. The summed E-state index contributed by atoms with van der Waals surface area (Å²) in [6.07, 6.45) is 5.36. The Balaban J connectivity index is 2.08. The van der Waals surface area contributed by atoms with E-state index in [4.69, 9.17) is 4.74 Å². The van der Waals surface area contributed by atoms with Gasteiger partial charge >= 0.3 is 6.09 Å². The molecule has 0 aliphatic rings. The maximum absolute atomic E-state index is 12.1. The van der Waals surface area contributed by atoms with Crippen molar-refractivity contribution in [3.05, 3.63) is 58.3 Å². The Morgan fingerprint density at radius 1 is 1.17 bits per heavy atom. The van der Waals surface area contributed by atoms with Gasteiger partial charge in [0, 0.05) is 24.5 Å². The van der Waals surface area contributed by atoms with Crippen molar-refractivity contribution in [1.82, 2.24) is 4.98 Å². The standard InChI is InChI=1S/C19H21BrN2O2/c1-19(2,3)24-18(23)22(4)16-11-8-14(9-12-16)7-10-15-6-5-13-21-17(15)20/h5-13H,1-4H3. The largest absolute Gasteiger partial charge is 0.443 e. The Bertz CT molecular complexity index is 734. The van der Waals surface area contributed by atoms with Crippen molar-refractivity contribution in [2.45, 2.75) is 26.4 Å². The van der Waals surface area contributed by atoms with Gasteiger partial charge in [-0.1, -0.05) is 30.4 Å². The highest BCUT2D eigenvalue weighted by molar-refractivity contribution is 9.10. The van der Waals surface area contributed by atoms with Crippen LogP contribution in [0.5, 0.6) is 0 Å². The Morgan fingerprint density at radius 3 is 2.42 bits per heavy atom. The molecule has 0 radical (unpaired) electrons. The van der Waals surface area contributed by atoms with E-state index in [1.165, 1.54) is 4.90 Å². The van der Waals surface area contributed by atoms with Gasteiger partial charge in [0.05, 0.1) is 0 Å². The zero-order valence-electron chi connectivity index (χ0n) is 14.3. The van der Waals surface area contributed by atoms with Gasteiger partial charge in [-0.15, -0.1) is 0 Å². The fourth-order valence-corrected chi connectivity index (χ4v) is 2.34. The van der Waals surface area contributed by atoms with Gasteiger partial charge in [0.2, 0.25) is 0 Å². The number of carbonyl (C=O) groups excluding carboxylic acids is 1. The average molecular weight is 389 g/mol. The Kier molecular flexibility index (Phi) is 5.78. The van der Waals surface area contributed by atoms with E-state index < -0.39 is 5.60 Å². The average Bonchev–Trinajstić information content (AvgIpc) is 2.52. The van der Waals surface area contributed by atoms with Crippen molar-refractivity contribution in [1.29, 1.82) is 0 Å². The predicted octanol–water partition coefficient (Wildman–Crippen LogP) is 5.39. The summed E-state index contributed by atoms with van der Waals surface area (Å²) in [5.74, 6) is 0. The lowest BCUT2D eigenvalue weighted by atomic mass is 10.1. The van der Waals surface area contributed by atoms with Gasteiger partial charge in [-0.25, -0.2) is 9.78 Å². The number of aromatic nitrogens is 1. The smallest absolute Gasteiger partial charge is 0.414 e. The molecule has 0 unspecified atom stereocenters. The second kappa shape index (κ2) is 7.62. The van der Waals surface area contributed by atoms with Crippen molar-refractivity contribution < 1.29 is 9.53 Å². The van der Waals surface area contributed by atoms with E-state index in [0.29, 0.717) is 0 Å². The number of ether oxygens (including phenoxy) is 1. The summed E-state index contributed by atoms with van der Waals surface area (Å²) in [7, 11) is 1.70. The third kappa shape index (κ3) is 5.20. The first-order valence-corrected chi connectivity index (χ1v) is 8.41. The first-order chi connectivity index (χ1) is 11.3. The number of carbonyl (C=O) groups is 1. The summed E-state index contributed by atoms with van der Waals surface area (Å²) in [5.41, 5.74) is 2.31. The lowest BCUT2D eigenvalue weighted by molar-refractivity contribution is 0.0589. The number of hydrogen-bond acceptors (Lipinski definition) is 3. The van der Waals surface area contributed by atoms with Gasteiger partial charge in [0.25, 0.3) is 0 Å². The van der Waals surface area contributed by atoms with E-state index >= 15 is 0 Å². The van der Waals surface area contributed by atoms with Crippen LogP contribution < -0.4 is 4.90 Å². The Morgan fingerprint density at radius 2 is 1.83 bits per heavy atom. The monoisotopic (exact) mass is 388 g/mol. The highest BCUT2D eigenvalue weighted by Crippen LogP contribution is 2.20. The quantitative estimate of drug-likeness (QED) is 0.662. The van der Waals surface area contributed by atoms with E-state index in [0.717, 1.165) is 21.4 Å². The molecule has 126 valence electrons. The zero-order valence-corrected chi connectivity index (χ0v) is 15.9. The summed E-state index contributed by atoms with van der Waals surface area (Å²) in [6, 6.07) is 11.6. The molecule has 0 spiro atoms. The molecule has 0 fully saturated rings. The van der Waals surface area contributed by atoms with Crippen molar-refractivity contribution in [3.63, 3.8) is 0 Å². The molecule has 1 heterocycles. The van der Waals surface area contributed by atoms with Gasteiger partial charge < -0.3 is 4.74 Å². The lowest BCUT2D eigenvalue weighted by Crippen LogP contribution is -2.34. The normalized spacial score (nSPS) is 11.5. The van der Waals surface area contributed by atoms with Gasteiger partial charge in [-0.3, -0.25) is 4.90 Å². The number of amides is 1. The number of rotatable bonds is 3. The number of anilines is 1. The Labute approximate surface area is 151 Å². The highest BCUT2D eigenvalue weighted by atomic mass is 79.9. The molecule has 4 nitrogen and oxygen atoms in total. The molecule has 0 aliphatic heterocycles. The van der Waals surface area contributed by atoms with Crippen LogP contribution in [0.15, 0.2) is 47.2 Å². The second-order valence-electron chi connectivity index (χ2n) is 6.35. The van der Waals surface area contributed by atoms with E-state index in [2.05, 4.69) is 20.9 Å². The van der Waals surface area contributed by atoms with Crippen molar-refractivity contribution in [2.75, 3.05) is 11.9 Å². The van der Waals surface area contributed by atoms with Crippen LogP contribution >= 0.6 is 15.9 Å². The fourth-order valence-electron chi connectivity index (χ4n) is 1.95. The zero-order chi connectivity index (χ0) is 17.7. The molecule has 0 atom stereocenters. The van der Waals surface area contributed by atoms with E-state index in [1.54, 1.807) is 13.2 Å². The third-order valence-corrected chi connectivity index (χ3v) is 3.85. The molecule has 0 bridgehead atoms. The minimum atomic E-state index is -0.509. The van der Waals surface area contributed by atoms with Crippen LogP contribution in [0.4, 0.5) is 10.5 Å². The van der Waals surface area contributed by atoms with E-state index in [9.17, 15) is 4.79 Å². The van der Waals surface area contributed by atoms with Crippen LogP contribution in [0, 0.1) is 0 Å². The molecule has 2 aromatic rings. The molecule has 24 heavy (non-hydrogen) atoms. The summed E-state index contributed by atoms with van der Waals surface area (Å²) in [5, 5.41) is 0. The second-order valence-corrected chi connectivity index (χ2v) is 7.10. The van der Waals surface area contributed by atoms with Crippen molar-refractivity contribution >= 4 is 39.9 Å². The van der Waals surface area contributed by atoms with Gasteiger partial charge in [-0.05, 0) is 60.5 Å². The SMILES string of the molecule is CN(C(=O)OC(C)(C)C)c1ccc(C=Cc2cccnc2Br)cc1. The molecule has 0 saturated heterocycles. The van der Waals surface area contributed by atoms with Gasteiger partial charge in [0.1, 0.15) is 10.2 Å².